The summed E-state index contributed by atoms with van der Waals surface area (Å²) < 4.78 is 0. The Labute approximate surface area is 120 Å². The number of nitrogens with zero attached hydrogens (tertiary/aromatic N) is 5. The number of hydrogen-bond donors (Lipinski definition) is 0. The van der Waals surface area contributed by atoms with Gasteiger partial charge in [-0.3, -0.25) is 4.98 Å². The Balaban J connectivity index is 2.16. The minimum Gasteiger partial charge on any atom is -0.351 e. The summed E-state index contributed by atoms with van der Waals surface area (Å²) in [5.74, 6) is 0.961. The predicted molar refractivity (Wildman–Crippen MR) is 80.6 cm³/mol. The minimum absolute atomic E-state index is 0.804. The molecular formula is C15H21N5. The molecule has 0 radical (unpaired) electrons. The van der Waals surface area contributed by atoms with Crippen molar-refractivity contribution >= 4 is 5.82 Å². The lowest BCUT2D eigenvalue weighted by Gasteiger charge is -2.25. The predicted octanol–water partition coefficient (Wildman–Crippen LogP) is 1.75. The van der Waals surface area contributed by atoms with Crippen LogP contribution in [0.1, 0.15) is 11.3 Å². The number of aromatic nitrogens is 3. The molecule has 106 valence electrons. The van der Waals surface area contributed by atoms with Crippen LogP contribution in [0.4, 0.5) is 5.82 Å². The van der Waals surface area contributed by atoms with Crippen LogP contribution in [0.3, 0.4) is 0 Å². The summed E-state index contributed by atoms with van der Waals surface area (Å²) in [5.41, 5.74) is 2.17. The number of anilines is 1. The average Bonchev–Trinajstić information content (AvgIpc) is 2.44. The molecule has 0 aromatic carbocycles. The molecule has 2 aromatic heterocycles. The third-order valence-corrected chi connectivity index (χ3v) is 3.03. The van der Waals surface area contributed by atoms with Crippen LogP contribution in [-0.2, 0) is 6.54 Å². The second kappa shape index (κ2) is 6.96. The zero-order valence-corrected chi connectivity index (χ0v) is 12.3. The molecule has 0 fully saturated rings. The van der Waals surface area contributed by atoms with E-state index in [1.54, 1.807) is 12.5 Å². The summed E-state index contributed by atoms with van der Waals surface area (Å²) in [7, 11) is 4.15. The van der Waals surface area contributed by atoms with Crippen LogP contribution in [0.25, 0.3) is 0 Å². The smallest absolute Gasteiger partial charge is 0.132 e. The molecule has 2 heterocycles. The third-order valence-electron chi connectivity index (χ3n) is 3.03. The molecule has 0 aliphatic carbocycles. The molecule has 0 saturated carbocycles. The minimum atomic E-state index is 0.804. The molecule has 0 amide bonds. The Morgan fingerprint density at radius 3 is 2.65 bits per heavy atom. The van der Waals surface area contributed by atoms with E-state index in [2.05, 4.69) is 44.9 Å². The maximum atomic E-state index is 4.39. The Morgan fingerprint density at radius 1 is 1.15 bits per heavy atom. The van der Waals surface area contributed by atoms with Gasteiger partial charge in [-0.2, -0.15) is 0 Å². The second-order valence-electron chi connectivity index (χ2n) is 5.10. The molecule has 0 aliphatic heterocycles. The van der Waals surface area contributed by atoms with Crippen LogP contribution in [0.2, 0.25) is 0 Å². The number of pyridine rings is 1. The van der Waals surface area contributed by atoms with Crippen LogP contribution in [0.15, 0.2) is 36.9 Å². The van der Waals surface area contributed by atoms with Crippen molar-refractivity contribution in [2.45, 2.75) is 13.5 Å². The summed E-state index contributed by atoms with van der Waals surface area (Å²) in [4.78, 5) is 17.2. The van der Waals surface area contributed by atoms with Crippen molar-refractivity contribution in [3.63, 3.8) is 0 Å². The monoisotopic (exact) mass is 271 g/mol. The molecule has 0 atom stereocenters. The van der Waals surface area contributed by atoms with Gasteiger partial charge in [0.25, 0.3) is 0 Å². The van der Waals surface area contributed by atoms with Crippen LogP contribution in [0, 0.1) is 6.92 Å². The topological polar surface area (TPSA) is 45.2 Å². The van der Waals surface area contributed by atoms with Gasteiger partial charge in [0, 0.05) is 43.8 Å². The molecule has 2 aromatic rings. The van der Waals surface area contributed by atoms with Gasteiger partial charge in [-0.25, -0.2) is 9.97 Å². The van der Waals surface area contributed by atoms with E-state index in [9.17, 15) is 0 Å². The van der Waals surface area contributed by atoms with Gasteiger partial charge in [-0.05, 0) is 32.6 Å². The third kappa shape index (κ3) is 4.28. The molecule has 5 nitrogen and oxygen atoms in total. The van der Waals surface area contributed by atoms with Gasteiger partial charge in [0.1, 0.15) is 12.1 Å². The van der Waals surface area contributed by atoms with Crippen molar-refractivity contribution in [3.05, 3.63) is 48.2 Å². The Morgan fingerprint density at radius 2 is 2.00 bits per heavy atom. The fourth-order valence-electron chi connectivity index (χ4n) is 1.92. The quantitative estimate of drug-likeness (QED) is 0.801. The van der Waals surface area contributed by atoms with E-state index in [1.165, 1.54) is 5.56 Å². The van der Waals surface area contributed by atoms with Gasteiger partial charge < -0.3 is 9.80 Å². The van der Waals surface area contributed by atoms with Crippen molar-refractivity contribution in [3.8, 4) is 0 Å². The molecule has 0 saturated heterocycles. The highest BCUT2D eigenvalue weighted by molar-refractivity contribution is 5.39. The Hall–Kier alpha value is -2.01. The van der Waals surface area contributed by atoms with Crippen LogP contribution >= 0.6 is 0 Å². The normalized spacial score (nSPS) is 10.8. The molecule has 2 rings (SSSR count). The summed E-state index contributed by atoms with van der Waals surface area (Å²) in [5, 5.41) is 0. The number of aryl methyl sites for hydroxylation is 1. The van der Waals surface area contributed by atoms with Crippen molar-refractivity contribution in [2.75, 3.05) is 32.1 Å². The fourth-order valence-corrected chi connectivity index (χ4v) is 1.92. The van der Waals surface area contributed by atoms with E-state index in [4.69, 9.17) is 0 Å². The fraction of sp³-hybridized carbons (Fsp3) is 0.400. The van der Waals surface area contributed by atoms with Crippen LogP contribution in [0.5, 0.6) is 0 Å². The molecule has 0 unspecified atom stereocenters. The molecule has 0 spiro atoms. The summed E-state index contributed by atoms with van der Waals surface area (Å²) in [6.45, 7) is 4.68. The van der Waals surface area contributed by atoms with Crippen molar-refractivity contribution in [2.24, 2.45) is 0 Å². The van der Waals surface area contributed by atoms with E-state index < -0.39 is 0 Å². The van der Waals surface area contributed by atoms with E-state index >= 15 is 0 Å². The van der Waals surface area contributed by atoms with Gasteiger partial charge in [0.15, 0.2) is 0 Å². The van der Waals surface area contributed by atoms with E-state index in [1.807, 2.05) is 25.3 Å². The molecule has 0 bridgehead atoms. The zero-order chi connectivity index (χ0) is 14.4. The summed E-state index contributed by atoms with van der Waals surface area (Å²) in [6.07, 6.45) is 5.32. The SMILES string of the molecule is Cc1cc(N(CCN(C)C)Cc2cccnc2)ncn1. The first kappa shape index (κ1) is 14.4. The lowest BCUT2D eigenvalue weighted by molar-refractivity contribution is 0.412. The molecule has 0 aliphatic rings. The number of rotatable bonds is 6. The standard InChI is InChI=1S/C15H21N5/c1-13-9-15(18-12-17-13)20(8-7-19(2)3)11-14-5-4-6-16-10-14/h4-6,9-10,12H,7-8,11H2,1-3H3. The van der Waals surface area contributed by atoms with E-state index in [-0.39, 0.29) is 0 Å². The maximum Gasteiger partial charge on any atom is 0.132 e. The first-order chi connectivity index (χ1) is 9.65. The highest BCUT2D eigenvalue weighted by Gasteiger charge is 2.10. The first-order valence-corrected chi connectivity index (χ1v) is 6.72. The highest BCUT2D eigenvalue weighted by atomic mass is 15.2. The van der Waals surface area contributed by atoms with E-state index in [0.717, 1.165) is 31.1 Å². The molecule has 20 heavy (non-hydrogen) atoms. The van der Waals surface area contributed by atoms with Crippen LogP contribution < -0.4 is 4.90 Å². The maximum absolute atomic E-state index is 4.39. The summed E-state index contributed by atoms with van der Waals surface area (Å²) in [6, 6.07) is 6.07. The lowest BCUT2D eigenvalue weighted by Crippen LogP contribution is -2.32. The first-order valence-electron chi connectivity index (χ1n) is 6.72. The number of likely N-dealkylation sites (N-methyl/N-ethyl adjacent to an activating group) is 1. The Kier molecular flexibility index (Phi) is 5.01. The lowest BCUT2D eigenvalue weighted by atomic mass is 10.2. The van der Waals surface area contributed by atoms with Gasteiger partial charge in [0.05, 0.1) is 0 Å². The van der Waals surface area contributed by atoms with Crippen molar-refractivity contribution < 1.29 is 0 Å². The Bertz CT molecular complexity index is 527. The van der Waals surface area contributed by atoms with Gasteiger partial charge in [-0.1, -0.05) is 6.07 Å². The van der Waals surface area contributed by atoms with Gasteiger partial charge >= 0.3 is 0 Å². The highest BCUT2D eigenvalue weighted by Crippen LogP contribution is 2.14. The molecular weight excluding hydrogens is 250 g/mol. The average molecular weight is 271 g/mol. The molecule has 5 heteroatoms. The van der Waals surface area contributed by atoms with Crippen molar-refractivity contribution in [1.29, 1.82) is 0 Å². The van der Waals surface area contributed by atoms with Crippen molar-refractivity contribution in [1.82, 2.24) is 19.9 Å². The second-order valence-corrected chi connectivity index (χ2v) is 5.10. The van der Waals surface area contributed by atoms with Gasteiger partial charge in [-0.15, -0.1) is 0 Å². The summed E-state index contributed by atoms with van der Waals surface area (Å²) >= 11 is 0. The largest absolute Gasteiger partial charge is 0.351 e. The molecule has 0 N–H and O–H groups in total. The zero-order valence-electron chi connectivity index (χ0n) is 12.3. The van der Waals surface area contributed by atoms with Crippen LogP contribution in [-0.4, -0.2) is 47.0 Å². The number of hydrogen-bond acceptors (Lipinski definition) is 5. The van der Waals surface area contributed by atoms with Gasteiger partial charge in [0.2, 0.25) is 0 Å². The van der Waals surface area contributed by atoms with E-state index in [0.29, 0.717) is 0 Å².